The van der Waals surface area contributed by atoms with Gasteiger partial charge in [-0.25, -0.2) is 0 Å². The second kappa shape index (κ2) is 5.14. The lowest BCUT2D eigenvalue weighted by Gasteiger charge is -2.28. The lowest BCUT2D eigenvalue weighted by molar-refractivity contribution is 0.274. The Morgan fingerprint density at radius 2 is 2.05 bits per heavy atom. The van der Waals surface area contributed by atoms with Crippen LogP contribution in [0.3, 0.4) is 0 Å². The molecule has 1 aliphatic heterocycles. The SMILES string of the molecule is Cc1cc(Cl)ccc1NC1CCOc2ccccc21. The molecule has 3 heteroatoms. The molecule has 0 saturated heterocycles. The second-order valence-corrected chi connectivity index (χ2v) is 5.27. The van der Waals surface area contributed by atoms with Gasteiger partial charge in [0.05, 0.1) is 12.6 Å². The average Bonchev–Trinajstić information content (AvgIpc) is 2.42. The number of ether oxygens (including phenoxy) is 1. The molecule has 2 aromatic carbocycles. The van der Waals surface area contributed by atoms with Crippen molar-refractivity contribution in [3.05, 3.63) is 58.6 Å². The van der Waals surface area contributed by atoms with E-state index in [1.165, 1.54) is 5.56 Å². The Kier molecular flexibility index (Phi) is 3.34. The lowest BCUT2D eigenvalue weighted by atomic mass is 10.00. The van der Waals surface area contributed by atoms with Gasteiger partial charge in [-0.1, -0.05) is 29.8 Å². The molecule has 0 saturated carbocycles. The Morgan fingerprint density at radius 1 is 1.21 bits per heavy atom. The summed E-state index contributed by atoms with van der Waals surface area (Å²) in [6, 6.07) is 14.4. The largest absolute Gasteiger partial charge is 0.493 e. The predicted molar refractivity (Wildman–Crippen MR) is 79.1 cm³/mol. The van der Waals surface area contributed by atoms with Crippen molar-refractivity contribution in [2.24, 2.45) is 0 Å². The molecule has 0 aliphatic carbocycles. The van der Waals surface area contributed by atoms with Gasteiger partial charge in [0.2, 0.25) is 0 Å². The van der Waals surface area contributed by atoms with Crippen LogP contribution in [-0.2, 0) is 0 Å². The molecule has 0 radical (unpaired) electrons. The molecule has 1 heterocycles. The van der Waals surface area contributed by atoms with Gasteiger partial charge in [-0.2, -0.15) is 0 Å². The maximum atomic E-state index is 5.99. The summed E-state index contributed by atoms with van der Waals surface area (Å²) in [7, 11) is 0. The Bertz CT molecular complexity index is 597. The summed E-state index contributed by atoms with van der Waals surface area (Å²) in [5, 5.41) is 4.37. The number of para-hydroxylation sites is 1. The van der Waals surface area contributed by atoms with Crippen molar-refractivity contribution >= 4 is 17.3 Å². The van der Waals surface area contributed by atoms with E-state index >= 15 is 0 Å². The lowest BCUT2D eigenvalue weighted by Crippen LogP contribution is -2.20. The normalized spacial score (nSPS) is 17.5. The van der Waals surface area contributed by atoms with Crippen LogP contribution in [-0.4, -0.2) is 6.61 Å². The van der Waals surface area contributed by atoms with E-state index in [9.17, 15) is 0 Å². The molecule has 0 amide bonds. The highest BCUT2D eigenvalue weighted by molar-refractivity contribution is 6.30. The van der Waals surface area contributed by atoms with Gasteiger partial charge < -0.3 is 10.1 Å². The molecular weight excluding hydrogens is 258 g/mol. The maximum Gasteiger partial charge on any atom is 0.124 e. The fourth-order valence-electron chi connectivity index (χ4n) is 2.47. The van der Waals surface area contributed by atoms with Crippen LogP contribution in [0.4, 0.5) is 5.69 Å². The summed E-state index contributed by atoms with van der Waals surface area (Å²) in [4.78, 5) is 0. The highest BCUT2D eigenvalue weighted by Gasteiger charge is 2.21. The molecule has 98 valence electrons. The number of rotatable bonds is 2. The van der Waals surface area contributed by atoms with Crippen molar-refractivity contribution < 1.29 is 4.74 Å². The van der Waals surface area contributed by atoms with Gasteiger partial charge in [0.15, 0.2) is 0 Å². The molecule has 1 unspecified atom stereocenters. The van der Waals surface area contributed by atoms with E-state index in [-0.39, 0.29) is 0 Å². The molecule has 0 fully saturated rings. The van der Waals surface area contributed by atoms with E-state index < -0.39 is 0 Å². The topological polar surface area (TPSA) is 21.3 Å². The molecule has 3 rings (SSSR count). The number of aryl methyl sites for hydroxylation is 1. The van der Waals surface area contributed by atoms with E-state index in [0.717, 1.165) is 35.1 Å². The third-order valence-electron chi connectivity index (χ3n) is 3.48. The first kappa shape index (κ1) is 12.4. The van der Waals surface area contributed by atoms with Crippen LogP contribution in [0.2, 0.25) is 5.02 Å². The van der Waals surface area contributed by atoms with Crippen LogP contribution < -0.4 is 10.1 Å². The third-order valence-corrected chi connectivity index (χ3v) is 3.71. The molecule has 19 heavy (non-hydrogen) atoms. The number of benzene rings is 2. The molecule has 1 atom stereocenters. The average molecular weight is 274 g/mol. The third kappa shape index (κ3) is 2.54. The van der Waals surface area contributed by atoms with Gasteiger partial charge in [0.1, 0.15) is 5.75 Å². The number of anilines is 1. The monoisotopic (exact) mass is 273 g/mol. The van der Waals surface area contributed by atoms with Crippen LogP contribution in [0.15, 0.2) is 42.5 Å². The van der Waals surface area contributed by atoms with Crippen molar-refractivity contribution in [2.45, 2.75) is 19.4 Å². The van der Waals surface area contributed by atoms with E-state index in [0.29, 0.717) is 6.04 Å². The summed E-state index contributed by atoms with van der Waals surface area (Å²) in [5.41, 5.74) is 3.52. The fraction of sp³-hybridized carbons (Fsp3) is 0.250. The number of halogens is 1. The first-order valence-corrected chi connectivity index (χ1v) is 6.86. The van der Waals surface area contributed by atoms with E-state index in [1.807, 2.05) is 30.3 Å². The zero-order chi connectivity index (χ0) is 13.2. The number of hydrogen-bond donors (Lipinski definition) is 1. The zero-order valence-electron chi connectivity index (χ0n) is 10.8. The molecular formula is C16H16ClNO. The highest BCUT2D eigenvalue weighted by Crippen LogP contribution is 2.34. The molecule has 0 aromatic heterocycles. The smallest absolute Gasteiger partial charge is 0.124 e. The summed E-state index contributed by atoms with van der Waals surface area (Å²) in [5.74, 6) is 0.984. The molecule has 0 spiro atoms. The number of fused-ring (bicyclic) bond motifs is 1. The first-order valence-electron chi connectivity index (χ1n) is 6.48. The van der Waals surface area contributed by atoms with Crippen molar-refractivity contribution in [2.75, 3.05) is 11.9 Å². The molecule has 2 aromatic rings. The van der Waals surface area contributed by atoms with Crippen molar-refractivity contribution in [1.29, 1.82) is 0 Å². The summed E-state index contributed by atoms with van der Waals surface area (Å²) in [6.45, 7) is 2.82. The van der Waals surface area contributed by atoms with Gasteiger partial charge in [0, 0.05) is 22.7 Å². The predicted octanol–water partition coefficient (Wildman–Crippen LogP) is 4.58. The van der Waals surface area contributed by atoms with Gasteiger partial charge >= 0.3 is 0 Å². The minimum atomic E-state index is 0.296. The molecule has 1 N–H and O–H groups in total. The standard InChI is InChI=1S/C16H16ClNO/c1-11-10-12(17)6-7-14(11)18-15-8-9-19-16-5-3-2-4-13(15)16/h2-7,10,15,18H,8-9H2,1H3. The molecule has 0 bridgehead atoms. The maximum absolute atomic E-state index is 5.99. The Hall–Kier alpha value is -1.67. The quantitative estimate of drug-likeness (QED) is 0.864. The Morgan fingerprint density at radius 3 is 2.89 bits per heavy atom. The molecule has 2 nitrogen and oxygen atoms in total. The first-order chi connectivity index (χ1) is 9.24. The van der Waals surface area contributed by atoms with E-state index in [1.54, 1.807) is 0 Å². The highest BCUT2D eigenvalue weighted by atomic mass is 35.5. The van der Waals surface area contributed by atoms with Crippen LogP contribution in [0.25, 0.3) is 0 Å². The van der Waals surface area contributed by atoms with E-state index in [2.05, 4.69) is 24.4 Å². The van der Waals surface area contributed by atoms with Gasteiger partial charge in [-0.15, -0.1) is 0 Å². The zero-order valence-corrected chi connectivity index (χ0v) is 11.6. The summed E-state index contributed by atoms with van der Waals surface area (Å²) in [6.07, 6.45) is 0.971. The van der Waals surface area contributed by atoms with Crippen LogP contribution in [0, 0.1) is 6.92 Å². The Labute approximate surface area is 118 Å². The van der Waals surface area contributed by atoms with Gasteiger partial charge in [-0.05, 0) is 36.8 Å². The van der Waals surface area contributed by atoms with E-state index in [4.69, 9.17) is 16.3 Å². The van der Waals surface area contributed by atoms with Crippen LogP contribution in [0.5, 0.6) is 5.75 Å². The molecule has 1 aliphatic rings. The Balaban J connectivity index is 1.88. The van der Waals surface area contributed by atoms with Crippen LogP contribution in [0.1, 0.15) is 23.6 Å². The van der Waals surface area contributed by atoms with Crippen LogP contribution >= 0.6 is 11.6 Å². The number of nitrogens with one attached hydrogen (secondary N) is 1. The minimum Gasteiger partial charge on any atom is -0.493 e. The number of hydrogen-bond acceptors (Lipinski definition) is 2. The van der Waals surface area contributed by atoms with Gasteiger partial charge in [0.25, 0.3) is 0 Å². The van der Waals surface area contributed by atoms with Crippen molar-refractivity contribution in [3.8, 4) is 5.75 Å². The second-order valence-electron chi connectivity index (χ2n) is 4.83. The minimum absolute atomic E-state index is 0.296. The summed E-state index contributed by atoms with van der Waals surface area (Å²) < 4.78 is 5.68. The van der Waals surface area contributed by atoms with Crippen molar-refractivity contribution in [3.63, 3.8) is 0 Å². The van der Waals surface area contributed by atoms with Crippen molar-refractivity contribution in [1.82, 2.24) is 0 Å². The fourth-order valence-corrected chi connectivity index (χ4v) is 2.70. The van der Waals surface area contributed by atoms with Gasteiger partial charge in [-0.3, -0.25) is 0 Å². The summed E-state index contributed by atoms with van der Waals surface area (Å²) >= 11 is 5.99.